The van der Waals surface area contributed by atoms with Gasteiger partial charge in [0, 0.05) is 19.1 Å². The molecular weight excluding hydrogens is 192 g/mol. The molecule has 1 heterocycles. The summed E-state index contributed by atoms with van der Waals surface area (Å²) in [5.74, 6) is 2.16. The third-order valence-corrected chi connectivity index (χ3v) is 3.83. The molecule has 1 aliphatic rings. The third kappa shape index (κ3) is 3.79. The van der Waals surface area contributed by atoms with Gasteiger partial charge in [0.15, 0.2) is 0 Å². The van der Waals surface area contributed by atoms with E-state index < -0.39 is 0 Å². The fourth-order valence-corrected chi connectivity index (χ4v) is 2.67. The van der Waals surface area contributed by atoms with Crippen LogP contribution >= 0.6 is 11.8 Å². The van der Waals surface area contributed by atoms with Crippen LogP contribution in [0.5, 0.6) is 0 Å². The molecule has 0 aromatic carbocycles. The van der Waals surface area contributed by atoms with Crippen molar-refractivity contribution in [3.8, 4) is 0 Å². The summed E-state index contributed by atoms with van der Waals surface area (Å²) in [6.07, 6.45) is 6.13. The Kier molecular flexibility index (Phi) is 5.90. The summed E-state index contributed by atoms with van der Waals surface area (Å²) in [6.45, 7) is 5.71. The smallest absolute Gasteiger partial charge is 0.0218 e. The number of nitrogens with zero attached hydrogens (tertiary/aromatic N) is 1. The quantitative estimate of drug-likeness (QED) is 0.687. The number of hydrogen-bond acceptors (Lipinski definition) is 3. The minimum absolute atomic E-state index is 0.645. The van der Waals surface area contributed by atoms with Crippen LogP contribution < -0.4 is 5.73 Å². The van der Waals surface area contributed by atoms with Gasteiger partial charge in [0.2, 0.25) is 0 Å². The van der Waals surface area contributed by atoms with Gasteiger partial charge in [0.1, 0.15) is 0 Å². The van der Waals surface area contributed by atoms with Crippen LogP contribution in [0.25, 0.3) is 0 Å². The first kappa shape index (κ1) is 12.3. The Bertz CT molecular complexity index is 152. The zero-order chi connectivity index (χ0) is 10.4. The summed E-state index contributed by atoms with van der Waals surface area (Å²) in [5, 5.41) is 0. The predicted molar refractivity (Wildman–Crippen MR) is 65.8 cm³/mol. The first-order valence-electron chi connectivity index (χ1n) is 5.71. The minimum Gasteiger partial charge on any atom is -0.329 e. The van der Waals surface area contributed by atoms with Crippen molar-refractivity contribution in [3.63, 3.8) is 0 Å². The minimum atomic E-state index is 0.645. The predicted octanol–water partition coefficient (Wildman–Crippen LogP) is 1.80. The van der Waals surface area contributed by atoms with Gasteiger partial charge in [-0.15, -0.1) is 0 Å². The van der Waals surface area contributed by atoms with E-state index in [2.05, 4.69) is 18.1 Å². The van der Waals surface area contributed by atoms with Crippen molar-refractivity contribution >= 4 is 11.8 Å². The van der Waals surface area contributed by atoms with E-state index in [1.807, 2.05) is 11.8 Å². The standard InChI is InChI=1S/C11H24N2S/c1-10-5-6-13(9-10)11(8-12)4-3-7-14-2/h10-11H,3-9,12H2,1-2H3. The molecule has 2 unspecified atom stereocenters. The molecule has 1 fully saturated rings. The highest BCUT2D eigenvalue weighted by Crippen LogP contribution is 2.19. The number of hydrogen-bond donors (Lipinski definition) is 1. The van der Waals surface area contributed by atoms with Gasteiger partial charge in [-0.3, -0.25) is 4.90 Å². The van der Waals surface area contributed by atoms with E-state index in [1.165, 1.54) is 38.1 Å². The lowest BCUT2D eigenvalue weighted by Gasteiger charge is -2.26. The molecule has 0 bridgehead atoms. The van der Waals surface area contributed by atoms with E-state index in [9.17, 15) is 0 Å². The normalized spacial score (nSPS) is 25.5. The van der Waals surface area contributed by atoms with Crippen LogP contribution in [0.2, 0.25) is 0 Å². The summed E-state index contributed by atoms with van der Waals surface area (Å²) in [4.78, 5) is 2.59. The van der Waals surface area contributed by atoms with Crippen LogP contribution in [-0.2, 0) is 0 Å². The molecule has 2 N–H and O–H groups in total. The fourth-order valence-electron chi connectivity index (χ4n) is 2.21. The second-order valence-electron chi connectivity index (χ2n) is 4.41. The van der Waals surface area contributed by atoms with Gasteiger partial charge in [0.25, 0.3) is 0 Å². The molecule has 2 atom stereocenters. The number of nitrogens with two attached hydrogens (primary N) is 1. The Morgan fingerprint density at radius 2 is 2.36 bits per heavy atom. The van der Waals surface area contributed by atoms with Crippen LogP contribution in [0.1, 0.15) is 26.2 Å². The van der Waals surface area contributed by atoms with E-state index in [-0.39, 0.29) is 0 Å². The average molecular weight is 216 g/mol. The fraction of sp³-hybridized carbons (Fsp3) is 1.00. The van der Waals surface area contributed by atoms with Crippen molar-refractivity contribution in [1.82, 2.24) is 4.90 Å². The lowest BCUT2D eigenvalue weighted by Crippen LogP contribution is -2.39. The summed E-state index contributed by atoms with van der Waals surface area (Å²) in [6, 6.07) is 0.645. The molecule has 1 aliphatic heterocycles. The molecule has 1 saturated heterocycles. The van der Waals surface area contributed by atoms with Crippen LogP contribution in [0, 0.1) is 5.92 Å². The Morgan fingerprint density at radius 1 is 1.57 bits per heavy atom. The van der Waals surface area contributed by atoms with Crippen molar-refractivity contribution in [1.29, 1.82) is 0 Å². The van der Waals surface area contributed by atoms with Crippen LogP contribution in [0.4, 0.5) is 0 Å². The lowest BCUT2D eigenvalue weighted by atomic mass is 10.1. The molecule has 0 aliphatic carbocycles. The molecule has 0 radical (unpaired) electrons. The van der Waals surface area contributed by atoms with Crippen molar-refractivity contribution < 1.29 is 0 Å². The van der Waals surface area contributed by atoms with E-state index in [0.717, 1.165) is 12.5 Å². The Labute approximate surface area is 92.6 Å². The summed E-state index contributed by atoms with van der Waals surface area (Å²) < 4.78 is 0. The summed E-state index contributed by atoms with van der Waals surface area (Å²) in [7, 11) is 0. The Hall–Kier alpha value is 0.270. The zero-order valence-corrected chi connectivity index (χ0v) is 10.4. The molecule has 1 rings (SSSR count). The van der Waals surface area contributed by atoms with Gasteiger partial charge in [-0.1, -0.05) is 6.92 Å². The van der Waals surface area contributed by atoms with Gasteiger partial charge >= 0.3 is 0 Å². The average Bonchev–Trinajstić information content (AvgIpc) is 2.60. The van der Waals surface area contributed by atoms with Gasteiger partial charge < -0.3 is 5.73 Å². The Morgan fingerprint density at radius 3 is 2.86 bits per heavy atom. The van der Waals surface area contributed by atoms with Crippen LogP contribution in [0.15, 0.2) is 0 Å². The highest BCUT2D eigenvalue weighted by Gasteiger charge is 2.24. The molecule has 0 aromatic heterocycles. The van der Waals surface area contributed by atoms with Gasteiger partial charge in [-0.2, -0.15) is 11.8 Å². The highest BCUT2D eigenvalue weighted by atomic mass is 32.2. The molecule has 2 nitrogen and oxygen atoms in total. The van der Waals surface area contributed by atoms with Crippen LogP contribution in [0.3, 0.4) is 0 Å². The Balaban J connectivity index is 2.23. The van der Waals surface area contributed by atoms with E-state index in [4.69, 9.17) is 5.73 Å². The number of thioether (sulfide) groups is 1. The molecule has 14 heavy (non-hydrogen) atoms. The number of rotatable bonds is 6. The number of likely N-dealkylation sites (tertiary alicyclic amines) is 1. The molecule has 3 heteroatoms. The molecule has 0 aromatic rings. The maximum absolute atomic E-state index is 5.83. The lowest BCUT2D eigenvalue weighted by molar-refractivity contribution is 0.228. The molecule has 0 spiro atoms. The van der Waals surface area contributed by atoms with Gasteiger partial charge in [-0.25, -0.2) is 0 Å². The van der Waals surface area contributed by atoms with E-state index in [0.29, 0.717) is 6.04 Å². The summed E-state index contributed by atoms with van der Waals surface area (Å²) >= 11 is 1.94. The van der Waals surface area contributed by atoms with Crippen molar-refractivity contribution in [2.45, 2.75) is 32.2 Å². The third-order valence-electron chi connectivity index (χ3n) is 3.13. The molecule has 0 saturated carbocycles. The molecule has 0 amide bonds. The largest absolute Gasteiger partial charge is 0.329 e. The SMILES string of the molecule is CSCCCC(CN)N1CCC(C)C1. The topological polar surface area (TPSA) is 29.3 Å². The maximum atomic E-state index is 5.83. The van der Waals surface area contributed by atoms with E-state index in [1.54, 1.807) is 0 Å². The highest BCUT2D eigenvalue weighted by molar-refractivity contribution is 7.98. The maximum Gasteiger partial charge on any atom is 0.0218 e. The van der Waals surface area contributed by atoms with Crippen molar-refractivity contribution in [2.75, 3.05) is 31.6 Å². The van der Waals surface area contributed by atoms with Crippen molar-refractivity contribution in [2.24, 2.45) is 11.7 Å². The van der Waals surface area contributed by atoms with Crippen LogP contribution in [-0.4, -0.2) is 42.6 Å². The first-order chi connectivity index (χ1) is 6.77. The van der Waals surface area contributed by atoms with Gasteiger partial charge in [-0.05, 0) is 43.7 Å². The molecule has 84 valence electrons. The van der Waals surface area contributed by atoms with Crippen molar-refractivity contribution in [3.05, 3.63) is 0 Å². The zero-order valence-electron chi connectivity index (χ0n) is 9.54. The van der Waals surface area contributed by atoms with E-state index >= 15 is 0 Å². The monoisotopic (exact) mass is 216 g/mol. The summed E-state index contributed by atoms with van der Waals surface area (Å²) in [5.41, 5.74) is 5.83. The first-order valence-corrected chi connectivity index (χ1v) is 7.10. The second-order valence-corrected chi connectivity index (χ2v) is 5.40. The molecular formula is C11H24N2S. The van der Waals surface area contributed by atoms with Gasteiger partial charge in [0.05, 0.1) is 0 Å². The second kappa shape index (κ2) is 6.70.